The molecule has 33 heavy (non-hydrogen) atoms. The van der Waals surface area contributed by atoms with E-state index in [4.69, 9.17) is 10.5 Å². The first-order valence-electron chi connectivity index (χ1n) is 11.6. The van der Waals surface area contributed by atoms with E-state index in [0.717, 1.165) is 29.5 Å². The molecule has 0 bridgehead atoms. The van der Waals surface area contributed by atoms with E-state index in [1.54, 1.807) is 9.80 Å². The molecule has 0 atom stereocenters. The number of benzene rings is 2. The highest BCUT2D eigenvalue weighted by Gasteiger charge is 2.45. The average Bonchev–Trinajstić information content (AvgIpc) is 3.66. The first-order chi connectivity index (χ1) is 15.9. The van der Waals surface area contributed by atoms with Crippen LogP contribution in [-0.2, 0) is 9.53 Å². The van der Waals surface area contributed by atoms with Crippen LogP contribution in [-0.4, -0.2) is 72.3 Å². The lowest BCUT2D eigenvalue weighted by Crippen LogP contribution is -2.68. The third-order valence-electron chi connectivity index (χ3n) is 6.82. The summed E-state index contributed by atoms with van der Waals surface area (Å²) < 4.78 is 5.09. The second kappa shape index (κ2) is 8.72. The number of piperazine rings is 1. The van der Waals surface area contributed by atoms with Crippen LogP contribution in [0.25, 0.3) is 11.1 Å². The summed E-state index contributed by atoms with van der Waals surface area (Å²) in [7, 11) is 0. The summed E-state index contributed by atoms with van der Waals surface area (Å²) in [6, 6.07) is 15.2. The van der Waals surface area contributed by atoms with Gasteiger partial charge in [0.2, 0.25) is 5.91 Å². The number of hydrogen-bond donors (Lipinski definition) is 1. The lowest BCUT2D eigenvalue weighted by Gasteiger charge is -2.43. The molecule has 1 saturated carbocycles. The number of ether oxygens (including phenoxy) is 1. The summed E-state index contributed by atoms with van der Waals surface area (Å²) >= 11 is 0. The van der Waals surface area contributed by atoms with E-state index in [0.29, 0.717) is 44.1 Å². The van der Waals surface area contributed by atoms with Gasteiger partial charge in [0.15, 0.2) is 5.78 Å². The highest BCUT2D eigenvalue weighted by molar-refractivity contribution is 5.98. The first kappa shape index (κ1) is 21.8. The molecule has 2 aromatic rings. The molecule has 0 unspecified atom stereocenters. The van der Waals surface area contributed by atoms with E-state index in [-0.39, 0.29) is 30.8 Å². The number of amides is 2. The summed E-state index contributed by atoms with van der Waals surface area (Å²) in [5, 5.41) is 0. The van der Waals surface area contributed by atoms with Crippen LogP contribution in [0.2, 0.25) is 0 Å². The standard InChI is InChI=1S/C26H29N3O4/c27-26(16-33-17-26)25(32)29-12-10-28(11-13-29)24(31)20-8-6-19(7-9-20)21-2-1-3-22(15-21)23(30)14-18-4-5-18/h1-3,6-9,15,18H,4-5,10-14,16-17,27H2. The Balaban J connectivity index is 1.20. The summed E-state index contributed by atoms with van der Waals surface area (Å²) in [5.41, 5.74) is 8.46. The maximum atomic E-state index is 13.0. The molecular weight excluding hydrogens is 418 g/mol. The fourth-order valence-electron chi connectivity index (χ4n) is 4.44. The highest BCUT2D eigenvalue weighted by atomic mass is 16.5. The molecule has 3 fully saturated rings. The Bertz CT molecular complexity index is 1070. The van der Waals surface area contributed by atoms with Gasteiger partial charge in [0.25, 0.3) is 5.91 Å². The van der Waals surface area contributed by atoms with Crippen molar-refractivity contribution in [2.24, 2.45) is 11.7 Å². The zero-order valence-electron chi connectivity index (χ0n) is 18.7. The number of carbonyl (C=O) groups excluding carboxylic acids is 3. The van der Waals surface area contributed by atoms with Crippen molar-refractivity contribution in [2.75, 3.05) is 39.4 Å². The molecule has 3 aliphatic rings. The predicted molar refractivity (Wildman–Crippen MR) is 124 cm³/mol. The lowest BCUT2D eigenvalue weighted by molar-refractivity contribution is -0.155. The van der Waals surface area contributed by atoms with Crippen LogP contribution in [0.15, 0.2) is 48.5 Å². The zero-order valence-corrected chi connectivity index (χ0v) is 18.7. The predicted octanol–water partition coefficient (Wildman–Crippen LogP) is 2.35. The van der Waals surface area contributed by atoms with E-state index in [1.165, 1.54) is 0 Å². The Labute approximate surface area is 193 Å². The van der Waals surface area contributed by atoms with E-state index in [9.17, 15) is 14.4 Å². The number of ketones is 1. The molecule has 7 nitrogen and oxygen atoms in total. The molecule has 172 valence electrons. The molecule has 2 aliphatic heterocycles. The maximum Gasteiger partial charge on any atom is 0.253 e. The van der Waals surface area contributed by atoms with Crippen molar-refractivity contribution in [3.63, 3.8) is 0 Å². The molecule has 2 N–H and O–H groups in total. The number of Topliss-reactive ketones (excluding diaryl/α,β-unsaturated/α-hetero) is 1. The van der Waals surface area contributed by atoms with Crippen molar-refractivity contribution in [3.8, 4) is 11.1 Å². The summed E-state index contributed by atoms with van der Waals surface area (Å²) in [5.74, 6) is 0.628. The fraction of sp³-hybridized carbons (Fsp3) is 0.423. The Morgan fingerprint density at radius 3 is 2.15 bits per heavy atom. The minimum Gasteiger partial charge on any atom is -0.376 e. The largest absolute Gasteiger partial charge is 0.376 e. The van der Waals surface area contributed by atoms with Gasteiger partial charge in [0.05, 0.1) is 13.2 Å². The maximum absolute atomic E-state index is 13.0. The van der Waals surface area contributed by atoms with E-state index in [1.807, 2.05) is 48.5 Å². The fourth-order valence-corrected chi connectivity index (χ4v) is 4.44. The smallest absolute Gasteiger partial charge is 0.253 e. The number of hydrogen-bond acceptors (Lipinski definition) is 5. The number of nitrogens with two attached hydrogens (primary N) is 1. The van der Waals surface area contributed by atoms with Crippen LogP contribution >= 0.6 is 0 Å². The average molecular weight is 448 g/mol. The van der Waals surface area contributed by atoms with Crippen LogP contribution < -0.4 is 5.73 Å². The molecule has 2 aromatic carbocycles. The van der Waals surface area contributed by atoms with Gasteiger partial charge in [-0.2, -0.15) is 0 Å². The van der Waals surface area contributed by atoms with E-state index < -0.39 is 5.54 Å². The van der Waals surface area contributed by atoms with Gasteiger partial charge in [-0.3, -0.25) is 14.4 Å². The van der Waals surface area contributed by atoms with Crippen molar-refractivity contribution < 1.29 is 19.1 Å². The quantitative estimate of drug-likeness (QED) is 0.687. The minimum atomic E-state index is -0.901. The third kappa shape index (κ3) is 4.56. The second-order valence-corrected chi connectivity index (χ2v) is 9.46. The number of nitrogens with zero attached hydrogens (tertiary/aromatic N) is 2. The van der Waals surface area contributed by atoms with Crippen molar-refractivity contribution in [2.45, 2.75) is 24.8 Å². The molecule has 0 aromatic heterocycles. The van der Waals surface area contributed by atoms with Gasteiger partial charge in [-0.05, 0) is 48.1 Å². The summed E-state index contributed by atoms with van der Waals surface area (Å²) in [6.45, 7) is 2.43. The Hall–Kier alpha value is -3.03. The monoisotopic (exact) mass is 447 g/mol. The van der Waals surface area contributed by atoms with Crippen LogP contribution in [0.5, 0.6) is 0 Å². The third-order valence-corrected chi connectivity index (χ3v) is 6.82. The van der Waals surface area contributed by atoms with Gasteiger partial charge < -0.3 is 20.3 Å². The van der Waals surface area contributed by atoms with Crippen LogP contribution in [0.1, 0.15) is 40.0 Å². The molecule has 0 spiro atoms. The Morgan fingerprint density at radius 1 is 0.879 bits per heavy atom. The topological polar surface area (TPSA) is 92.9 Å². The normalized spacial score (nSPS) is 19.7. The van der Waals surface area contributed by atoms with Crippen LogP contribution in [0, 0.1) is 5.92 Å². The lowest BCUT2D eigenvalue weighted by atomic mass is 9.96. The molecule has 7 heteroatoms. The van der Waals surface area contributed by atoms with Crippen molar-refractivity contribution >= 4 is 17.6 Å². The van der Waals surface area contributed by atoms with E-state index >= 15 is 0 Å². The SMILES string of the molecule is NC1(C(=O)N2CCN(C(=O)c3ccc(-c4cccc(C(=O)CC5CC5)c4)cc3)CC2)COC1. The Morgan fingerprint density at radius 2 is 1.55 bits per heavy atom. The molecule has 1 aliphatic carbocycles. The molecule has 0 radical (unpaired) electrons. The number of rotatable bonds is 6. The zero-order chi connectivity index (χ0) is 23.0. The van der Waals surface area contributed by atoms with Gasteiger partial charge in [-0.25, -0.2) is 0 Å². The molecule has 2 saturated heterocycles. The minimum absolute atomic E-state index is 0.0450. The number of carbonyl (C=O) groups is 3. The Kier molecular flexibility index (Phi) is 5.76. The molecule has 5 rings (SSSR count). The molecule has 2 heterocycles. The van der Waals surface area contributed by atoms with Crippen molar-refractivity contribution in [1.82, 2.24) is 9.80 Å². The summed E-state index contributed by atoms with van der Waals surface area (Å²) in [4.78, 5) is 41.5. The first-order valence-corrected chi connectivity index (χ1v) is 11.6. The summed E-state index contributed by atoms with van der Waals surface area (Å²) in [6.07, 6.45) is 2.96. The van der Waals surface area contributed by atoms with Crippen molar-refractivity contribution in [1.29, 1.82) is 0 Å². The van der Waals surface area contributed by atoms with Crippen LogP contribution in [0.3, 0.4) is 0 Å². The van der Waals surface area contributed by atoms with Gasteiger partial charge in [-0.1, -0.05) is 30.3 Å². The van der Waals surface area contributed by atoms with Gasteiger partial charge in [0.1, 0.15) is 5.54 Å². The second-order valence-electron chi connectivity index (χ2n) is 9.46. The van der Waals surface area contributed by atoms with Crippen molar-refractivity contribution in [3.05, 3.63) is 59.7 Å². The van der Waals surface area contributed by atoms with Gasteiger partial charge in [0, 0.05) is 43.7 Å². The van der Waals surface area contributed by atoms with Crippen LogP contribution in [0.4, 0.5) is 0 Å². The molecule has 2 amide bonds. The molecular formula is C26H29N3O4. The van der Waals surface area contributed by atoms with E-state index in [2.05, 4.69) is 0 Å². The van der Waals surface area contributed by atoms with Gasteiger partial charge >= 0.3 is 0 Å². The van der Waals surface area contributed by atoms with Gasteiger partial charge in [-0.15, -0.1) is 0 Å². The highest BCUT2D eigenvalue weighted by Crippen LogP contribution is 2.34.